The highest BCUT2D eigenvalue weighted by molar-refractivity contribution is 6.51. The lowest BCUT2D eigenvalue weighted by molar-refractivity contribution is -0.0745. The molecule has 0 bridgehead atoms. The standard InChI is InChI=1S/C30BF23O2/c32-7-1(8(33)17(42)23(48)16(7)41)2-9(34)18(43)24(49)25(50)26(2)55-31(29(53)5-3(12(37)27(29)51)10(35)19(44)21(46)14(5)39)56-30(54)6-4(13(38)28(30)52)11(36)20(45)22(47)15(6)40. The maximum absolute atomic E-state index is 17.1. The Bertz CT molecular complexity index is 2520. The molecule has 0 N–H and O–H groups in total. The highest BCUT2D eigenvalue weighted by Gasteiger charge is 2.68. The first-order valence-corrected chi connectivity index (χ1v) is 13.8. The summed E-state index contributed by atoms with van der Waals surface area (Å²) >= 11 is 0. The molecule has 0 spiro atoms. The summed E-state index contributed by atoms with van der Waals surface area (Å²) in [4.78, 5) is 0. The van der Waals surface area contributed by atoms with Crippen molar-refractivity contribution in [2.24, 2.45) is 0 Å². The third kappa shape index (κ3) is 4.91. The van der Waals surface area contributed by atoms with E-state index in [0.717, 1.165) is 0 Å². The van der Waals surface area contributed by atoms with E-state index in [0.29, 0.717) is 0 Å². The number of hydrogen-bond donors (Lipinski definition) is 0. The number of fused-ring (bicyclic) bond motifs is 2. The molecule has 2 nitrogen and oxygen atoms in total. The average molecular weight is 840 g/mol. The molecule has 0 fully saturated rings. The zero-order valence-corrected chi connectivity index (χ0v) is 25.1. The van der Waals surface area contributed by atoms with Gasteiger partial charge >= 0.3 is 7.12 Å². The molecular formula is C30BF23O2. The lowest BCUT2D eigenvalue weighted by atomic mass is 9.64. The van der Waals surface area contributed by atoms with Gasteiger partial charge in [-0.2, -0.15) is 8.78 Å². The third-order valence-corrected chi connectivity index (χ3v) is 8.15. The Morgan fingerprint density at radius 2 is 0.643 bits per heavy atom. The van der Waals surface area contributed by atoms with Crippen molar-refractivity contribution < 1.29 is 110 Å². The Balaban J connectivity index is 1.76. The van der Waals surface area contributed by atoms with Gasteiger partial charge < -0.3 is 9.31 Å². The smallest absolute Gasteiger partial charge is 0.531 e. The first-order valence-electron chi connectivity index (χ1n) is 13.8. The molecule has 0 heterocycles. The van der Waals surface area contributed by atoms with Crippen LogP contribution >= 0.6 is 0 Å². The van der Waals surface area contributed by atoms with Crippen molar-refractivity contribution in [2.45, 2.75) is 11.4 Å². The molecule has 2 unspecified atom stereocenters. The van der Waals surface area contributed by atoms with Gasteiger partial charge in [0.05, 0.1) is 27.8 Å². The van der Waals surface area contributed by atoms with Crippen molar-refractivity contribution in [2.75, 3.05) is 0 Å². The minimum absolute atomic E-state index is 2.72. The van der Waals surface area contributed by atoms with Crippen LogP contribution in [-0.4, -0.2) is 7.12 Å². The van der Waals surface area contributed by atoms with E-state index in [1.807, 2.05) is 0 Å². The zero-order valence-electron chi connectivity index (χ0n) is 25.1. The quantitative estimate of drug-likeness (QED) is 0.0834. The van der Waals surface area contributed by atoms with Gasteiger partial charge in [-0.25, -0.2) is 92.2 Å². The van der Waals surface area contributed by atoms with Crippen LogP contribution in [0.1, 0.15) is 22.3 Å². The van der Waals surface area contributed by atoms with Crippen molar-refractivity contribution in [3.05, 3.63) is 133 Å². The minimum atomic E-state index is -5.97. The van der Waals surface area contributed by atoms with Gasteiger partial charge in [0.25, 0.3) is 5.85 Å². The topological polar surface area (TPSA) is 18.5 Å². The zero-order chi connectivity index (χ0) is 42.2. The first kappa shape index (κ1) is 40.2. The van der Waals surface area contributed by atoms with Crippen LogP contribution < -0.4 is 4.65 Å². The molecule has 56 heavy (non-hydrogen) atoms. The maximum Gasteiger partial charge on any atom is 0.581 e. The molecule has 0 aliphatic heterocycles. The predicted octanol–water partition coefficient (Wildman–Crippen LogP) is 11.1. The fourth-order valence-corrected chi connectivity index (χ4v) is 5.60. The van der Waals surface area contributed by atoms with E-state index >= 15 is 35.1 Å². The van der Waals surface area contributed by atoms with E-state index in [-0.39, 0.29) is 0 Å². The molecular weight excluding hydrogens is 840 g/mol. The second-order valence-electron chi connectivity index (χ2n) is 11.0. The summed E-state index contributed by atoms with van der Waals surface area (Å²) in [6.45, 7) is 0. The van der Waals surface area contributed by atoms with Crippen molar-refractivity contribution in [1.82, 2.24) is 0 Å². The van der Waals surface area contributed by atoms with E-state index in [9.17, 15) is 65.9 Å². The van der Waals surface area contributed by atoms with Gasteiger partial charge in [0.2, 0.25) is 28.8 Å². The van der Waals surface area contributed by atoms with Gasteiger partial charge in [0, 0.05) is 5.56 Å². The molecule has 0 saturated carbocycles. The van der Waals surface area contributed by atoms with Crippen molar-refractivity contribution in [1.29, 1.82) is 0 Å². The summed E-state index contributed by atoms with van der Waals surface area (Å²) in [5.74, 6) is -78.7. The molecule has 6 rings (SSSR count). The van der Waals surface area contributed by atoms with Crippen molar-refractivity contribution >= 4 is 18.8 Å². The van der Waals surface area contributed by atoms with Gasteiger partial charge in [0.15, 0.2) is 105 Å². The Morgan fingerprint density at radius 3 is 1.11 bits per heavy atom. The number of allylic oxidation sites excluding steroid dienone is 1. The molecule has 0 amide bonds. The molecule has 0 aromatic heterocycles. The first-order chi connectivity index (χ1) is 25.8. The summed E-state index contributed by atoms with van der Waals surface area (Å²) < 4.78 is 349. The molecule has 4 aromatic carbocycles. The van der Waals surface area contributed by atoms with Crippen molar-refractivity contribution in [3.63, 3.8) is 0 Å². The number of rotatable bonds is 6. The molecule has 2 aliphatic carbocycles. The molecule has 2 atom stereocenters. The molecule has 4 aromatic rings. The molecule has 296 valence electrons. The summed E-state index contributed by atoms with van der Waals surface area (Å²) in [6, 6.07) is 0. The van der Waals surface area contributed by atoms with E-state index < -0.39 is 180 Å². The largest absolute Gasteiger partial charge is 0.581 e. The monoisotopic (exact) mass is 840 g/mol. The summed E-state index contributed by atoms with van der Waals surface area (Å²) in [6.07, 6.45) is 0. The van der Waals surface area contributed by atoms with E-state index in [2.05, 4.69) is 9.31 Å². The van der Waals surface area contributed by atoms with Crippen LogP contribution in [0.3, 0.4) is 0 Å². The lowest BCUT2D eigenvalue weighted by Gasteiger charge is -2.32. The molecule has 26 heteroatoms. The number of benzene rings is 4. The predicted molar refractivity (Wildman–Crippen MR) is 135 cm³/mol. The third-order valence-electron chi connectivity index (χ3n) is 8.15. The van der Waals surface area contributed by atoms with Gasteiger partial charge in [-0.1, -0.05) is 0 Å². The van der Waals surface area contributed by atoms with Crippen LogP contribution in [0.25, 0.3) is 22.8 Å². The van der Waals surface area contributed by atoms with Gasteiger partial charge in [-0.15, -0.1) is 0 Å². The average Bonchev–Trinajstić information content (AvgIpc) is 3.49. The Kier molecular flexibility index (Phi) is 9.20. The van der Waals surface area contributed by atoms with Crippen molar-refractivity contribution in [3.8, 4) is 16.9 Å². The number of halogens is 23. The Hall–Kier alpha value is -5.43. The van der Waals surface area contributed by atoms with Crippen LogP contribution in [0.4, 0.5) is 101 Å². The van der Waals surface area contributed by atoms with Crippen LogP contribution in [0.5, 0.6) is 5.75 Å². The second kappa shape index (κ2) is 12.8. The highest BCUT2D eigenvalue weighted by Crippen LogP contribution is 2.58. The van der Waals surface area contributed by atoms with E-state index in [1.54, 1.807) is 0 Å². The van der Waals surface area contributed by atoms with E-state index in [1.165, 1.54) is 0 Å². The fourth-order valence-electron chi connectivity index (χ4n) is 5.60. The summed E-state index contributed by atoms with van der Waals surface area (Å²) in [5.41, 5.74) is -23.7. The Labute approximate surface area is 290 Å². The lowest BCUT2D eigenvalue weighted by Crippen LogP contribution is -2.51. The fraction of sp³-hybridized carbons (Fsp3) is 0.0667. The van der Waals surface area contributed by atoms with E-state index in [4.69, 9.17) is 0 Å². The van der Waals surface area contributed by atoms with Gasteiger partial charge in [-0.3, -0.25) is 0 Å². The van der Waals surface area contributed by atoms with Crippen LogP contribution in [0.15, 0.2) is 11.7 Å². The second-order valence-corrected chi connectivity index (χ2v) is 11.0. The number of alkyl halides is 2. The van der Waals surface area contributed by atoms with Crippen LogP contribution in [0, 0.1) is 98.9 Å². The molecule has 2 aliphatic rings. The molecule has 0 saturated heterocycles. The summed E-state index contributed by atoms with van der Waals surface area (Å²) in [7, 11) is -5.13. The minimum Gasteiger partial charge on any atom is -0.531 e. The van der Waals surface area contributed by atoms with Gasteiger partial charge in [0.1, 0.15) is 0 Å². The SMILES string of the molecule is FC1=C(F)C(F)(OB(Oc2c(F)c(F)c(F)c(F)c2-c2c(F)c(F)c(F)c(F)c2F)C2(F)C(F)=C(F)c3c(F)c(F)c(F)c(F)c32)c2c(F)c(F)c(F)c(F)c21. The maximum atomic E-state index is 17.1. The number of hydrogen-bond acceptors (Lipinski definition) is 2. The summed E-state index contributed by atoms with van der Waals surface area (Å²) in [5, 5.41) is 0. The Morgan fingerprint density at radius 1 is 0.321 bits per heavy atom. The highest BCUT2D eigenvalue weighted by atomic mass is 19.2. The molecule has 0 radical (unpaired) electrons. The van der Waals surface area contributed by atoms with Gasteiger partial charge in [-0.05, 0) is 0 Å². The normalized spacial score (nSPS) is 19.1. The van der Waals surface area contributed by atoms with Crippen LogP contribution in [-0.2, 0) is 16.1 Å². The van der Waals surface area contributed by atoms with Crippen LogP contribution in [0.2, 0.25) is 0 Å².